The second-order valence-electron chi connectivity index (χ2n) is 6.03. The summed E-state index contributed by atoms with van der Waals surface area (Å²) in [6.07, 6.45) is 2.30. The molecule has 1 unspecified atom stereocenters. The van der Waals surface area contributed by atoms with Gasteiger partial charge in [0.05, 0.1) is 12.1 Å². The van der Waals surface area contributed by atoms with Gasteiger partial charge in [0.15, 0.2) is 0 Å². The second kappa shape index (κ2) is 6.79. The molecule has 0 aliphatic rings. The van der Waals surface area contributed by atoms with Crippen molar-refractivity contribution in [1.29, 1.82) is 0 Å². The van der Waals surface area contributed by atoms with Crippen LogP contribution in [0, 0.1) is 0 Å². The predicted molar refractivity (Wildman–Crippen MR) is 87.6 cm³/mol. The Morgan fingerprint density at radius 3 is 2.55 bits per heavy atom. The van der Waals surface area contributed by atoms with Crippen LogP contribution in [0.3, 0.4) is 0 Å². The normalized spacial score (nSPS) is 12.9. The van der Waals surface area contributed by atoms with Gasteiger partial charge in [0.2, 0.25) is 0 Å². The first-order valence-corrected chi connectivity index (χ1v) is 7.63. The van der Waals surface area contributed by atoms with Gasteiger partial charge in [-0.1, -0.05) is 51.1 Å². The van der Waals surface area contributed by atoms with Gasteiger partial charge in [-0.05, 0) is 18.1 Å². The smallest absolute Gasteiger partial charge is 0.254 e. The lowest BCUT2D eigenvalue weighted by atomic mass is 9.76. The first-order chi connectivity index (χ1) is 10.5. The third-order valence-corrected chi connectivity index (χ3v) is 4.22. The summed E-state index contributed by atoms with van der Waals surface area (Å²) < 4.78 is 5.23. The number of hydrogen-bond acceptors (Lipinski definition) is 3. The van der Waals surface area contributed by atoms with Gasteiger partial charge in [0.25, 0.3) is 5.91 Å². The Bertz CT molecular complexity index is 617. The van der Waals surface area contributed by atoms with Gasteiger partial charge in [-0.2, -0.15) is 0 Å². The van der Waals surface area contributed by atoms with Gasteiger partial charge in [-0.25, -0.2) is 0 Å². The van der Waals surface area contributed by atoms with Crippen LogP contribution >= 0.6 is 0 Å². The second-order valence-corrected chi connectivity index (χ2v) is 6.03. The summed E-state index contributed by atoms with van der Waals surface area (Å²) in [5.74, 6) is 0.486. The maximum Gasteiger partial charge on any atom is 0.254 e. The number of carbonyl (C=O) groups excluding carboxylic acids is 1. The van der Waals surface area contributed by atoms with E-state index < -0.39 is 0 Å². The zero-order chi connectivity index (χ0) is 16.2. The van der Waals surface area contributed by atoms with E-state index in [2.05, 4.69) is 38.2 Å². The predicted octanol–water partition coefficient (Wildman–Crippen LogP) is 3.22. The molecule has 0 fully saturated rings. The molecule has 3 N–H and O–H groups in total. The molecule has 0 aliphatic heterocycles. The van der Waals surface area contributed by atoms with Crippen molar-refractivity contribution >= 4 is 5.91 Å². The molecule has 0 saturated carbocycles. The van der Waals surface area contributed by atoms with Crippen molar-refractivity contribution in [3.8, 4) is 0 Å². The Morgan fingerprint density at radius 1 is 1.32 bits per heavy atom. The molecule has 1 atom stereocenters. The first-order valence-electron chi connectivity index (χ1n) is 7.63. The number of hydrogen-bond donors (Lipinski definition) is 2. The molecule has 118 valence electrons. The summed E-state index contributed by atoms with van der Waals surface area (Å²) in [6.45, 7) is 6.67. The zero-order valence-electron chi connectivity index (χ0n) is 13.4. The van der Waals surface area contributed by atoms with Crippen LogP contribution in [0.4, 0.5) is 0 Å². The van der Waals surface area contributed by atoms with E-state index in [1.807, 2.05) is 18.2 Å². The molecule has 4 nitrogen and oxygen atoms in total. The molecule has 22 heavy (non-hydrogen) atoms. The molecule has 1 heterocycles. The average molecular weight is 300 g/mol. The van der Waals surface area contributed by atoms with Gasteiger partial charge >= 0.3 is 0 Å². The van der Waals surface area contributed by atoms with Crippen LogP contribution in [0.1, 0.15) is 48.9 Å². The minimum absolute atomic E-state index is 0.0265. The van der Waals surface area contributed by atoms with Crippen LogP contribution in [-0.4, -0.2) is 11.9 Å². The zero-order valence-corrected chi connectivity index (χ0v) is 13.4. The Labute approximate surface area is 131 Å². The molecule has 1 aromatic carbocycles. The van der Waals surface area contributed by atoms with Crippen molar-refractivity contribution in [1.82, 2.24) is 5.32 Å². The molecule has 0 bridgehead atoms. The molecule has 0 radical (unpaired) electrons. The average Bonchev–Trinajstić information content (AvgIpc) is 3.02. The van der Waals surface area contributed by atoms with E-state index in [1.165, 1.54) is 11.8 Å². The summed E-state index contributed by atoms with van der Waals surface area (Å²) in [4.78, 5) is 12.4. The minimum Gasteiger partial charge on any atom is -0.467 e. The van der Waals surface area contributed by atoms with Gasteiger partial charge in [-0.15, -0.1) is 0 Å². The molecule has 0 aliphatic carbocycles. The van der Waals surface area contributed by atoms with Crippen LogP contribution in [0.15, 0.2) is 47.1 Å². The Morgan fingerprint density at radius 2 is 2.00 bits per heavy atom. The van der Waals surface area contributed by atoms with Crippen molar-refractivity contribution < 1.29 is 9.21 Å². The summed E-state index contributed by atoms with van der Waals surface area (Å²) in [5, 5.41) is 3.12. The number of nitrogens with one attached hydrogen (secondary N) is 1. The summed E-state index contributed by atoms with van der Waals surface area (Å²) in [5.41, 5.74) is 7.07. The number of benzene rings is 1. The quantitative estimate of drug-likeness (QED) is 0.860. The lowest BCUT2D eigenvalue weighted by Gasteiger charge is -2.35. The van der Waals surface area contributed by atoms with E-state index in [1.54, 1.807) is 6.07 Å². The van der Waals surface area contributed by atoms with Crippen LogP contribution in [-0.2, 0) is 12.0 Å². The van der Waals surface area contributed by atoms with Crippen molar-refractivity contribution in [2.24, 2.45) is 5.73 Å². The molecule has 2 rings (SSSR count). The fraction of sp³-hybridized carbons (Fsp3) is 0.389. The van der Waals surface area contributed by atoms with Gasteiger partial charge in [-0.3, -0.25) is 4.79 Å². The van der Waals surface area contributed by atoms with E-state index >= 15 is 0 Å². The molecule has 0 saturated heterocycles. The highest BCUT2D eigenvalue weighted by molar-refractivity contribution is 5.94. The molecule has 2 aromatic rings. The van der Waals surface area contributed by atoms with Gasteiger partial charge in [0.1, 0.15) is 12.0 Å². The lowest BCUT2D eigenvalue weighted by molar-refractivity contribution is 0.0916. The van der Waals surface area contributed by atoms with Crippen molar-refractivity contribution in [3.05, 3.63) is 59.5 Å². The number of rotatable bonds is 6. The van der Waals surface area contributed by atoms with E-state index in [-0.39, 0.29) is 17.4 Å². The molecular weight excluding hydrogens is 276 g/mol. The van der Waals surface area contributed by atoms with E-state index in [4.69, 9.17) is 10.2 Å². The highest BCUT2D eigenvalue weighted by Crippen LogP contribution is 2.29. The topological polar surface area (TPSA) is 68.3 Å². The van der Waals surface area contributed by atoms with E-state index in [0.717, 1.165) is 6.42 Å². The number of furan rings is 1. The molecule has 1 aromatic heterocycles. The largest absolute Gasteiger partial charge is 0.467 e. The Kier molecular flexibility index (Phi) is 5.03. The van der Waals surface area contributed by atoms with Gasteiger partial charge in [0, 0.05) is 11.5 Å². The lowest BCUT2D eigenvalue weighted by Crippen LogP contribution is -2.47. The fourth-order valence-electron chi connectivity index (χ4n) is 2.71. The summed E-state index contributed by atoms with van der Waals surface area (Å²) >= 11 is 0. The Balaban J connectivity index is 2.16. The number of nitrogens with two attached hydrogens (primary N) is 1. The first kappa shape index (κ1) is 16.3. The monoisotopic (exact) mass is 300 g/mol. The number of carbonyl (C=O) groups is 1. The van der Waals surface area contributed by atoms with E-state index in [9.17, 15) is 4.79 Å². The standard InChI is InChI=1S/C18H24N2O2/c1-4-16(18(2,3)14-8-6-5-7-9-14)20-17(21)13-10-15(11-19)22-12-13/h5-10,12,16H,4,11,19H2,1-3H3,(H,20,21). The summed E-state index contributed by atoms with van der Waals surface area (Å²) in [6, 6.07) is 12.0. The maximum absolute atomic E-state index is 12.4. The maximum atomic E-state index is 12.4. The highest BCUT2D eigenvalue weighted by atomic mass is 16.3. The van der Waals surface area contributed by atoms with Crippen molar-refractivity contribution in [2.75, 3.05) is 0 Å². The van der Waals surface area contributed by atoms with E-state index in [0.29, 0.717) is 17.9 Å². The third kappa shape index (κ3) is 3.39. The highest BCUT2D eigenvalue weighted by Gasteiger charge is 2.31. The molecule has 4 heteroatoms. The number of amides is 1. The molecule has 1 amide bonds. The van der Waals surface area contributed by atoms with Crippen LogP contribution in [0.25, 0.3) is 0 Å². The summed E-state index contributed by atoms with van der Waals surface area (Å²) in [7, 11) is 0. The minimum atomic E-state index is -0.161. The molecular formula is C18H24N2O2. The van der Waals surface area contributed by atoms with Gasteiger partial charge < -0.3 is 15.5 Å². The van der Waals surface area contributed by atoms with Crippen molar-refractivity contribution in [3.63, 3.8) is 0 Å². The third-order valence-electron chi connectivity index (χ3n) is 4.22. The van der Waals surface area contributed by atoms with Crippen molar-refractivity contribution in [2.45, 2.75) is 45.2 Å². The molecule has 0 spiro atoms. The Hall–Kier alpha value is -2.07. The SMILES string of the molecule is CCC(NC(=O)c1coc(CN)c1)C(C)(C)c1ccccc1. The van der Waals surface area contributed by atoms with Crippen LogP contribution < -0.4 is 11.1 Å². The fourth-order valence-corrected chi connectivity index (χ4v) is 2.71. The van der Waals surface area contributed by atoms with Crippen LogP contribution in [0.2, 0.25) is 0 Å². The van der Waals surface area contributed by atoms with Crippen LogP contribution in [0.5, 0.6) is 0 Å².